The van der Waals surface area contributed by atoms with Gasteiger partial charge in [-0.05, 0) is 30.2 Å². The number of nitriles is 1. The van der Waals surface area contributed by atoms with Crippen molar-refractivity contribution in [3.63, 3.8) is 0 Å². The summed E-state index contributed by atoms with van der Waals surface area (Å²) in [5, 5.41) is 14.6. The van der Waals surface area contributed by atoms with Gasteiger partial charge in [0.05, 0.1) is 0 Å². The molecule has 0 spiro atoms. The van der Waals surface area contributed by atoms with Crippen LogP contribution in [-0.2, 0) is 11.3 Å². The van der Waals surface area contributed by atoms with E-state index in [1.165, 1.54) is 6.20 Å². The third-order valence-electron chi connectivity index (χ3n) is 2.90. The fraction of sp³-hybridized carbons (Fsp3) is 0.125. The first-order chi connectivity index (χ1) is 10.7. The monoisotopic (exact) mass is 293 g/mol. The number of anilines is 1. The molecule has 0 aliphatic heterocycles. The maximum absolute atomic E-state index is 12.0. The lowest BCUT2D eigenvalue weighted by Crippen LogP contribution is -2.24. The van der Waals surface area contributed by atoms with Gasteiger partial charge in [0, 0.05) is 31.3 Å². The second-order valence-electron chi connectivity index (χ2n) is 4.53. The summed E-state index contributed by atoms with van der Waals surface area (Å²) in [6.45, 7) is 2.20. The normalized spacial score (nSPS) is 10.6. The second kappa shape index (κ2) is 7.55. The maximum atomic E-state index is 12.0. The minimum absolute atomic E-state index is 0.0195. The number of hydrogen-bond acceptors (Lipinski definition) is 5. The van der Waals surface area contributed by atoms with Gasteiger partial charge in [0.1, 0.15) is 17.5 Å². The lowest BCUT2D eigenvalue weighted by Gasteiger charge is -2.06. The van der Waals surface area contributed by atoms with Gasteiger partial charge < -0.3 is 10.6 Å². The number of carbonyl (C=O) groups excluding carboxylic acids is 1. The Bertz CT molecular complexity index is 719. The Hall–Kier alpha value is -3.20. The van der Waals surface area contributed by atoms with Gasteiger partial charge >= 0.3 is 0 Å². The number of aromatic nitrogens is 2. The molecule has 0 fully saturated rings. The predicted octanol–water partition coefficient (Wildman–Crippen LogP) is 1.92. The van der Waals surface area contributed by atoms with Crippen LogP contribution in [0.1, 0.15) is 11.1 Å². The molecule has 1 amide bonds. The minimum Gasteiger partial charge on any atom is -0.347 e. The van der Waals surface area contributed by atoms with Gasteiger partial charge in [-0.3, -0.25) is 9.78 Å². The molecular weight excluding hydrogens is 278 g/mol. The SMILES string of the molecule is Cc1cccnc1N/C=C(/C#N)C(=O)NCc1cccnc1. The molecular formula is C16H15N5O. The standard InChI is InChI=1S/C16H15N5O/c1-12-4-2-7-19-15(12)20-11-14(8-17)16(22)21-10-13-5-3-6-18-9-13/h2-7,9,11H,10H2,1H3,(H,19,20)(H,21,22)/b14-11-. The summed E-state index contributed by atoms with van der Waals surface area (Å²) in [5.41, 5.74) is 1.77. The number of nitrogens with one attached hydrogen (secondary N) is 2. The second-order valence-corrected chi connectivity index (χ2v) is 4.53. The van der Waals surface area contributed by atoms with Crippen molar-refractivity contribution in [2.45, 2.75) is 13.5 Å². The van der Waals surface area contributed by atoms with Crippen LogP contribution in [0.25, 0.3) is 0 Å². The minimum atomic E-state index is -0.451. The van der Waals surface area contributed by atoms with Crippen molar-refractivity contribution in [1.82, 2.24) is 15.3 Å². The summed E-state index contributed by atoms with van der Waals surface area (Å²) in [7, 11) is 0. The van der Waals surface area contributed by atoms with Crippen molar-refractivity contribution in [3.8, 4) is 6.07 Å². The molecule has 6 heteroatoms. The average Bonchev–Trinajstić information content (AvgIpc) is 2.56. The van der Waals surface area contributed by atoms with E-state index in [2.05, 4.69) is 20.6 Å². The highest BCUT2D eigenvalue weighted by Crippen LogP contribution is 2.09. The van der Waals surface area contributed by atoms with Crippen LogP contribution < -0.4 is 10.6 Å². The van der Waals surface area contributed by atoms with E-state index in [-0.39, 0.29) is 5.57 Å². The van der Waals surface area contributed by atoms with Crippen LogP contribution in [0.2, 0.25) is 0 Å². The van der Waals surface area contributed by atoms with Crippen LogP contribution in [-0.4, -0.2) is 15.9 Å². The van der Waals surface area contributed by atoms with Gasteiger partial charge in [-0.15, -0.1) is 0 Å². The summed E-state index contributed by atoms with van der Waals surface area (Å²) in [6, 6.07) is 9.20. The van der Waals surface area contributed by atoms with E-state index in [1.54, 1.807) is 24.7 Å². The molecule has 6 nitrogen and oxygen atoms in total. The highest BCUT2D eigenvalue weighted by atomic mass is 16.1. The topological polar surface area (TPSA) is 90.7 Å². The third kappa shape index (κ3) is 4.15. The summed E-state index contributed by atoms with van der Waals surface area (Å²) >= 11 is 0. The molecule has 2 aromatic rings. The first-order valence-electron chi connectivity index (χ1n) is 6.66. The van der Waals surface area contributed by atoms with Crippen molar-refractivity contribution >= 4 is 11.7 Å². The molecule has 0 aliphatic carbocycles. The summed E-state index contributed by atoms with van der Waals surface area (Å²) in [5.74, 6) is 0.155. The van der Waals surface area contributed by atoms with Crippen molar-refractivity contribution in [3.05, 3.63) is 65.8 Å². The van der Waals surface area contributed by atoms with Crippen LogP contribution in [0.5, 0.6) is 0 Å². The summed E-state index contributed by atoms with van der Waals surface area (Å²) in [6.07, 6.45) is 6.31. The molecule has 0 saturated carbocycles. The Morgan fingerprint density at radius 1 is 1.36 bits per heavy atom. The number of hydrogen-bond donors (Lipinski definition) is 2. The van der Waals surface area contributed by atoms with Gasteiger partial charge in [-0.1, -0.05) is 12.1 Å². The Morgan fingerprint density at radius 3 is 2.86 bits per heavy atom. The average molecular weight is 293 g/mol. The third-order valence-corrected chi connectivity index (χ3v) is 2.90. The summed E-state index contributed by atoms with van der Waals surface area (Å²) < 4.78 is 0. The fourth-order valence-electron chi connectivity index (χ4n) is 1.71. The van der Waals surface area contributed by atoms with Gasteiger partial charge in [-0.2, -0.15) is 5.26 Å². The van der Waals surface area contributed by atoms with Crippen LogP contribution in [0.3, 0.4) is 0 Å². The molecule has 0 saturated heterocycles. The first-order valence-corrected chi connectivity index (χ1v) is 6.66. The smallest absolute Gasteiger partial charge is 0.263 e. The zero-order chi connectivity index (χ0) is 15.8. The Balaban J connectivity index is 1.99. The Labute approximate surface area is 128 Å². The van der Waals surface area contributed by atoms with E-state index in [0.717, 1.165) is 11.1 Å². The summed E-state index contributed by atoms with van der Waals surface area (Å²) in [4.78, 5) is 20.1. The number of amides is 1. The Morgan fingerprint density at radius 2 is 2.18 bits per heavy atom. The molecule has 2 aromatic heterocycles. The Kier molecular flexibility index (Phi) is 5.21. The van der Waals surface area contributed by atoms with Gasteiger partial charge in [-0.25, -0.2) is 4.98 Å². The molecule has 2 rings (SSSR count). The molecule has 2 N–H and O–H groups in total. The van der Waals surface area contributed by atoms with E-state index in [1.807, 2.05) is 31.2 Å². The molecule has 0 unspecified atom stereocenters. The van der Waals surface area contributed by atoms with E-state index >= 15 is 0 Å². The van der Waals surface area contributed by atoms with E-state index in [9.17, 15) is 4.79 Å². The van der Waals surface area contributed by atoms with Crippen LogP contribution in [0, 0.1) is 18.3 Å². The van der Waals surface area contributed by atoms with Gasteiger partial charge in [0.2, 0.25) is 0 Å². The zero-order valence-corrected chi connectivity index (χ0v) is 12.1. The number of aryl methyl sites for hydroxylation is 1. The maximum Gasteiger partial charge on any atom is 0.263 e. The molecule has 0 bridgehead atoms. The molecule has 110 valence electrons. The molecule has 0 aliphatic rings. The first kappa shape index (κ1) is 15.2. The van der Waals surface area contributed by atoms with E-state index < -0.39 is 5.91 Å². The molecule has 22 heavy (non-hydrogen) atoms. The number of nitrogens with zero attached hydrogens (tertiary/aromatic N) is 3. The van der Waals surface area contributed by atoms with Crippen molar-refractivity contribution < 1.29 is 4.79 Å². The highest BCUT2D eigenvalue weighted by molar-refractivity contribution is 5.97. The molecule has 0 atom stereocenters. The number of rotatable bonds is 5. The van der Waals surface area contributed by atoms with E-state index in [0.29, 0.717) is 12.4 Å². The van der Waals surface area contributed by atoms with Gasteiger partial charge in [0.15, 0.2) is 0 Å². The molecule has 2 heterocycles. The molecule has 0 aromatic carbocycles. The largest absolute Gasteiger partial charge is 0.347 e. The number of pyridine rings is 2. The van der Waals surface area contributed by atoms with Crippen LogP contribution >= 0.6 is 0 Å². The van der Waals surface area contributed by atoms with Gasteiger partial charge in [0.25, 0.3) is 5.91 Å². The quantitative estimate of drug-likeness (QED) is 0.649. The zero-order valence-electron chi connectivity index (χ0n) is 12.1. The van der Waals surface area contributed by atoms with Crippen LogP contribution in [0.4, 0.5) is 5.82 Å². The lowest BCUT2D eigenvalue weighted by molar-refractivity contribution is -0.117. The van der Waals surface area contributed by atoms with Crippen molar-refractivity contribution in [2.24, 2.45) is 0 Å². The van der Waals surface area contributed by atoms with Crippen LogP contribution in [0.15, 0.2) is 54.6 Å². The predicted molar refractivity (Wildman–Crippen MR) is 82.4 cm³/mol. The van der Waals surface area contributed by atoms with Crippen molar-refractivity contribution in [2.75, 3.05) is 5.32 Å². The lowest BCUT2D eigenvalue weighted by atomic mass is 10.2. The van der Waals surface area contributed by atoms with E-state index in [4.69, 9.17) is 5.26 Å². The fourth-order valence-corrected chi connectivity index (χ4v) is 1.71. The molecule has 0 radical (unpaired) electrons. The number of carbonyl (C=O) groups is 1. The van der Waals surface area contributed by atoms with Crippen molar-refractivity contribution in [1.29, 1.82) is 5.26 Å². The highest BCUT2D eigenvalue weighted by Gasteiger charge is 2.08.